The van der Waals surface area contributed by atoms with Gasteiger partial charge in [-0.05, 0) is 74.0 Å². The molecule has 1 aliphatic heterocycles. The Balaban J connectivity index is 3.96. The number of primary amides is 1. The number of unbranched alkanes of at least 4 members (excludes halogenated alkanes) is 6. The van der Waals surface area contributed by atoms with E-state index in [0.717, 1.165) is 38.5 Å². The Morgan fingerprint density at radius 1 is 0.534 bits per heavy atom. The number of rotatable bonds is 24. The van der Waals surface area contributed by atoms with E-state index in [0.29, 0.717) is 18.8 Å². The summed E-state index contributed by atoms with van der Waals surface area (Å²) in [4.78, 5) is 137. The van der Waals surface area contributed by atoms with Gasteiger partial charge in [0.05, 0.1) is 12.8 Å². The van der Waals surface area contributed by atoms with Gasteiger partial charge in [0.1, 0.15) is 48.4 Å². The van der Waals surface area contributed by atoms with Crippen molar-refractivity contribution >= 4 is 59.2 Å². The number of carboxylic acids is 1. The van der Waals surface area contributed by atoms with Crippen LogP contribution in [0.4, 0.5) is 0 Å². The van der Waals surface area contributed by atoms with Crippen molar-refractivity contribution < 1.29 is 57.8 Å². The standard InChI is InChI=1S/C53H94N8O12/c1-13-35(12)46-53(72)73-36(22-20-18-16-14-15-17-19-21-30(2)3)28-43(63)55-37(23-24-42(54)62)47(66)56-38(25-31(4)5)48(67)57-39(26-32(6)7)50(69)60-45(34(10)11)52(71)59-41(29-44(64)65)49(68)58-40(27-33(8)9)51(70)61-46/h30-41,45-46H,13-29H2,1-12H3,(H2,54,62)(H,55,63)(H,56,66)(H,57,67)(H,58,68)(H,59,71)(H,60,69)(H,61,70)(H,64,65)/t35?,36?,37?,38-,39?,40?,41-,45?,46?/m0/s1. The molecule has 0 aromatic heterocycles. The zero-order valence-corrected chi connectivity index (χ0v) is 46.1. The Labute approximate surface area is 434 Å². The molecule has 0 bridgehead atoms. The van der Waals surface area contributed by atoms with E-state index < -0.39 is 132 Å². The molecule has 0 spiro atoms. The van der Waals surface area contributed by atoms with E-state index in [1.165, 1.54) is 6.42 Å². The van der Waals surface area contributed by atoms with Crippen LogP contribution in [0.1, 0.15) is 192 Å². The van der Waals surface area contributed by atoms with Gasteiger partial charge in [-0.25, -0.2) is 4.79 Å². The molecule has 20 heteroatoms. The van der Waals surface area contributed by atoms with Gasteiger partial charge in [0, 0.05) is 6.42 Å². The number of carboxylic acid groups (broad SMARTS) is 1. The van der Waals surface area contributed by atoms with Crippen molar-refractivity contribution in [1.82, 2.24) is 37.2 Å². The Bertz CT molecular complexity index is 1810. The van der Waals surface area contributed by atoms with E-state index in [4.69, 9.17) is 10.5 Å². The molecule has 73 heavy (non-hydrogen) atoms. The van der Waals surface area contributed by atoms with Gasteiger partial charge in [-0.1, -0.05) is 134 Å². The number of cyclic esters (lactones) is 1. The zero-order chi connectivity index (χ0) is 55.5. The number of hydrogen-bond donors (Lipinski definition) is 9. The van der Waals surface area contributed by atoms with E-state index in [2.05, 4.69) is 51.1 Å². The molecule has 0 aromatic carbocycles. The molecule has 0 radical (unpaired) electrons. The maximum atomic E-state index is 14.3. The van der Waals surface area contributed by atoms with Crippen molar-refractivity contribution in [2.75, 3.05) is 0 Å². The van der Waals surface area contributed by atoms with Crippen LogP contribution in [0, 0.1) is 35.5 Å². The molecule has 0 aromatic rings. The minimum absolute atomic E-state index is 0.0459. The van der Waals surface area contributed by atoms with E-state index >= 15 is 0 Å². The molecule has 0 saturated carbocycles. The average Bonchev–Trinajstić information content (AvgIpc) is 3.27. The van der Waals surface area contributed by atoms with Crippen molar-refractivity contribution in [2.24, 2.45) is 41.2 Å². The fourth-order valence-corrected chi connectivity index (χ4v) is 8.55. The molecular formula is C53H94N8O12. The van der Waals surface area contributed by atoms with Gasteiger partial charge in [-0.15, -0.1) is 0 Å². The highest BCUT2D eigenvalue weighted by atomic mass is 16.5. The first kappa shape index (κ1) is 65.7. The van der Waals surface area contributed by atoms with Crippen molar-refractivity contribution in [3.05, 3.63) is 0 Å². The van der Waals surface area contributed by atoms with Crippen LogP contribution < -0.4 is 43.0 Å². The summed E-state index contributed by atoms with van der Waals surface area (Å²) in [7, 11) is 0. The number of esters is 1. The van der Waals surface area contributed by atoms with Gasteiger partial charge in [-0.3, -0.25) is 43.2 Å². The van der Waals surface area contributed by atoms with Gasteiger partial charge in [0.15, 0.2) is 0 Å². The van der Waals surface area contributed by atoms with Gasteiger partial charge in [-0.2, -0.15) is 0 Å². The Kier molecular flexibility index (Phi) is 30.8. The van der Waals surface area contributed by atoms with Gasteiger partial charge >= 0.3 is 11.9 Å². The number of ether oxygens (including phenoxy) is 1. The van der Waals surface area contributed by atoms with Gasteiger partial charge in [0.25, 0.3) is 0 Å². The number of nitrogens with one attached hydrogen (secondary N) is 7. The molecular weight excluding hydrogens is 941 g/mol. The third-order valence-electron chi connectivity index (χ3n) is 12.9. The summed E-state index contributed by atoms with van der Waals surface area (Å²) in [5, 5.41) is 28.5. The fourth-order valence-electron chi connectivity index (χ4n) is 8.55. The number of aliphatic carboxylic acids is 1. The summed E-state index contributed by atoms with van der Waals surface area (Å²) < 4.78 is 6.08. The van der Waals surface area contributed by atoms with Crippen molar-refractivity contribution in [3.63, 3.8) is 0 Å². The number of nitrogens with two attached hydrogens (primary N) is 1. The fraction of sp³-hybridized carbons (Fsp3) is 0.811. The molecule has 418 valence electrons. The average molecular weight is 1040 g/mol. The van der Waals surface area contributed by atoms with Crippen LogP contribution in [0.5, 0.6) is 0 Å². The second kappa shape index (κ2) is 34.2. The molecule has 1 fully saturated rings. The summed E-state index contributed by atoms with van der Waals surface area (Å²) in [6.07, 6.45) is 5.88. The molecule has 7 unspecified atom stereocenters. The maximum absolute atomic E-state index is 14.3. The van der Waals surface area contributed by atoms with Gasteiger partial charge < -0.3 is 52.8 Å². The zero-order valence-electron chi connectivity index (χ0n) is 46.1. The normalized spacial score (nSPS) is 24.4. The second-order valence-corrected chi connectivity index (χ2v) is 22.2. The summed E-state index contributed by atoms with van der Waals surface area (Å²) >= 11 is 0. The number of hydrogen-bond acceptors (Lipinski definition) is 11. The Morgan fingerprint density at radius 3 is 1.40 bits per heavy atom. The molecule has 1 aliphatic rings. The first-order valence-electron chi connectivity index (χ1n) is 27.0. The molecule has 10 N–H and O–H groups in total. The SMILES string of the molecule is CCC(C)C1NC(=O)C(CC(C)C)NC(=O)[C@H](CC(=O)O)NC(=O)C(C(C)C)NC(=O)C(CC(C)C)NC(=O)[C@H](CC(C)C)NC(=O)C(CCC(N)=O)NC(=O)CC(CCCCCCCCCC(C)C)OC1=O. The van der Waals surface area contributed by atoms with Crippen LogP contribution >= 0.6 is 0 Å². The number of carbonyl (C=O) groups excluding carboxylic acids is 9. The Hall–Kier alpha value is -5.30. The maximum Gasteiger partial charge on any atom is 0.329 e. The summed E-state index contributed by atoms with van der Waals surface area (Å²) in [5.41, 5.74) is 5.49. The summed E-state index contributed by atoms with van der Waals surface area (Å²) in [5.74, 6) is -9.76. The second-order valence-electron chi connectivity index (χ2n) is 22.2. The highest BCUT2D eigenvalue weighted by Crippen LogP contribution is 2.20. The molecule has 20 nitrogen and oxygen atoms in total. The summed E-state index contributed by atoms with van der Waals surface area (Å²) in [6, 6.07) is -9.49. The lowest BCUT2D eigenvalue weighted by atomic mass is 9.97. The minimum Gasteiger partial charge on any atom is -0.481 e. The topological polar surface area (TPSA) is 310 Å². The molecule has 8 amide bonds. The third kappa shape index (κ3) is 27.0. The largest absolute Gasteiger partial charge is 0.481 e. The van der Waals surface area contributed by atoms with E-state index in [1.807, 2.05) is 34.6 Å². The quantitative estimate of drug-likeness (QED) is 0.0479. The van der Waals surface area contributed by atoms with E-state index in [9.17, 15) is 53.1 Å². The number of amides is 8. The third-order valence-corrected chi connectivity index (χ3v) is 12.9. The van der Waals surface area contributed by atoms with Crippen LogP contribution in [-0.2, 0) is 52.7 Å². The molecule has 1 saturated heterocycles. The van der Waals surface area contributed by atoms with Crippen molar-refractivity contribution in [1.29, 1.82) is 0 Å². The lowest BCUT2D eigenvalue weighted by molar-refractivity contribution is -0.156. The predicted octanol–water partition coefficient (Wildman–Crippen LogP) is 4.44. The van der Waals surface area contributed by atoms with Crippen molar-refractivity contribution in [2.45, 2.75) is 241 Å². The molecule has 1 rings (SSSR count). The highest BCUT2D eigenvalue weighted by Gasteiger charge is 2.38. The minimum atomic E-state index is -1.72. The number of carbonyl (C=O) groups is 10. The van der Waals surface area contributed by atoms with Crippen LogP contribution in [0.15, 0.2) is 0 Å². The lowest BCUT2D eigenvalue weighted by Gasteiger charge is -2.30. The van der Waals surface area contributed by atoms with Gasteiger partial charge in [0.2, 0.25) is 47.3 Å². The smallest absolute Gasteiger partial charge is 0.329 e. The molecule has 1 heterocycles. The molecule has 9 atom stereocenters. The first-order chi connectivity index (χ1) is 34.1. The first-order valence-corrected chi connectivity index (χ1v) is 27.0. The molecule has 0 aliphatic carbocycles. The monoisotopic (exact) mass is 1030 g/mol. The predicted molar refractivity (Wildman–Crippen MR) is 278 cm³/mol. The van der Waals surface area contributed by atoms with Crippen LogP contribution in [0.2, 0.25) is 0 Å². The van der Waals surface area contributed by atoms with Crippen LogP contribution in [0.25, 0.3) is 0 Å². The van der Waals surface area contributed by atoms with E-state index in [1.54, 1.807) is 34.6 Å². The van der Waals surface area contributed by atoms with Crippen LogP contribution in [-0.4, -0.2) is 113 Å². The van der Waals surface area contributed by atoms with Crippen LogP contribution in [0.3, 0.4) is 0 Å². The Morgan fingerprint density at radius 2 is 0.959 bits per heavy atom. The van der Waals surface area contributed by atoms with Crippen molar-refractivity contribution in [3.8, 4) is 0 Å². The summed E-state index contributed by atoms with van der Waals surface area (Å²) in [6.45, 7) is 22.0. The highest BCUT2D eigenvalue weighted by molar-refractivity contribution is 5.98. The lowest BCUT2D eigenvalue weighted by Crippen LogP contribution is -2.61. The van der Waals surface area contributed by atoms with E-state index in [-0.39, 0.29) is 56.3 Å².